The largest absolute Gasteiger partial charge is 0.444 e. The van der Waals surface area contributed by atoms with Crippen molar-refractivity contribution in [2.75, 3.05) is 13.1 Å². The molecule has 16 heavy (non-hydrogen) atoms. The normalized spacial score (nSPS) is 19.2. The van der Waals surface area contributed by atoms with E-state index in [1.165, 1.54) is 0 Å². The minimum Gasteiger partial charge on any atom is -0.444 e. The fourth-order valence-electron chi connectivity index (χ4n) is 1.83. The van der Waals surface area contributed by atoms with Crippen molar-refractivity contribution in [3.05, 3.63) is 0 Å². The molecular formula is C12H24N2O2. The molecule has 1 aliphatic rings. The first-order valence-corrected chi connectivity index (χ1v) is 6.07. The molecule has 0 aromatic heterocycles. The van der Waals surface area contributed by atoms with Gasteiger partial charge in [-0.2, -0.15) is 0 Å². The first kappa shape index (κ1) is 13.3. The van der Waals surface area contributed by atoms with Crippen molar-refractivity contribution in [1.29, 1.82) is 0 Å². The first-order chi connectivity index (χ1) is 7.33. The van der Waals surface area contributed by atoms with Crippen LogP contribution in [0.4, 0.5) is 4.79 Å². The molecule has 1 saturated heterocycles. The SMILES string of the molecule is CCCC(N)C1CN(C(=O)OC(C)(C)C)C1. The molecule has 0 spiro atoms. The van der Waals surface area contributed by atoms with Crippen LogP contribution in [0.5, 0.6) is 0 Å². The van der Waals surface area contributed by atoms with E-state index in [1.54, 1.807) is 4.90 Å². The average Bonchev–Trinajstić information content (AvgIpc) is 1.97. The Hall–Kier alpha value is -0.770. The summed E-state index contributed by atoms with van der Waals surface area (Å²) in [7, 11) is 0. The van der Waals surface area contributed by atoms with Crippen molar-refractivity contribution >= 4 is 6.09 Å². The van der Waals surface area contributed by atoms with Gasteiger partial charge in [0.15, 0.2) is 0 Å². The Labute approximate surface area is 98.1 Å². The number of nitrogens with two attached hydrogens (primary N) is 1. The maximum atomic E-state index is 11.6. The summed E-state index contributed by atoms with van der Waals surface area (Å²) < 4.78 is 5.28. The summed E-state index contributed by atoms with van der Waals surface area (Å²) in [5, 5.41) is 0. The van der Waals surface area contributed by atoms with Crippen LogP contribution in [-0.4, -0.2) is 35.7 Å². The Morgan fingerprint density at radius 2 is 2.06 bits per heavy atom. The highest BCUT2D eigenvalue weighted by Crippen LogP contribution is 2.23. The zero-order valence-corrected chi connectivity index (χ0v) is 10.8. The van der Waals surface area contributed by atoms with Crippen LogP contribution in [0.2, 0.25) is 0 Å². The second kappa shape index (κ2) is 5.04. The molecule has 1 atom stereocenters. The van der Waals surface area contributed by atoms with Crippen LogP contribution in [-0.2, 0) is 4.74 Å². The van der Waals surface area contributed by atoms with E-state index in [0.29, 0.717) is 5.92 Å². The van der Waals surface area contributed by atoms with E-state index in [-0.39, 0.29) is 12.1 Å². The van der Waals surface area contributed by atoms with Crippen molar-refractivity contribution in [2.24, 2.45) is 11.7 Å². The number of amides is 1. The molecule has 0 aliphatic carbocycles. The van der Waals surface area contributed by atoms with E-state index in [2.05, 4.69) is 6.92 Å². The molecule has 4 nitrogen and oxygen atoms in total. The molecule has 1 unspecified atom stereocenters. The van der Waals surface area contributed by atoms with Gasteiger partial charge in [-0.3, -0.25) is 0 Å². The van der Waals surface area contributed by atoms with Crippen molar-refractivity contribution in [3.63, 3.8) is 0 Å². The third kappa shape index (κ3) is 3.67. The molecule has 1 rings (SSSR count). The van der Waals surface area contributed by atoms with Gasteiger partial charge in [-0.05, 0) is 27.2 Å². The van der Waals surface area contributed by atoms with E-state index in [0.717, 1.165) is 25.9 Å². The van der Waals surface area contributed by atoms with Gasteiger partial charge in [-0.15, -0.1) is 0 Å². The highest BCUT2D eigenvalue weighted by atomic mass is 16.6. The average molecular weight is 228 g/mol. The van der Waals surface area contributed by atoms with Gasteiger partial charge < -0.3 is 15.4 Å². The number of hydrogen-bond acceptors (Lipinski definition) is 3. The topological polar surface area (TPSA) is 55.6 Å². The molecule has 0 bridgehead atoms. The fourth-order valence-corrected chi connectivity index (χ4v) is 1.83. The van der Waals surface area contributed by atoms with Crippen LogP contribution in [0.3, 0.4) is 0 Å². The maximum absolute atomic E-state index is 11.6. The zero-order valence-electron chi connectivity index (χ0n) is 10.8. The number of hydrogen-bond donors (Lipinski definition) is 1. The van der Waals surface area contributed by atoms with Crippen LogP contribution in [0, 0.1) is 5.92 Å². The molecule has 0 saturated carbocycles. The molecule has 1 heterocycles. The van der Waals surface area contributed by atoms with Crippen molar-refractivity contribution < 1.29 is 9.53 Å². The highest BCUT2D eigenvalue weighted by Gasteiger charge is 2.36. The van der Waals surface area contributed by atoms with Crippen LogP contribution in [0.25, 0.3) is 0 Å². The molecule has 94 valence electrons. The predicted molar refractivity (Wildman–Crippen MR) is 64.2 cm³/mol. The van der Waals surface area contributed by atoms with Crippen LogP contribution in [0.15, 0.2) is 0 Å². The van der Waals surface area contributed by atoms with E-state index in [9.17, 15) is 4.79 Å². The van der Waals surface area contributed by atoms with Crippen molar-refractivity contribution in [1.82, 2.24) is 4.90 Å². The quantitative estimate of drug-likeness (QED) is 0.803. The number of nitrogens with zero attached hydrogens (tertiary/aromatic N) is 1. The lowest BCUT2D eigenvalue weighted by Gasteiger charge is -2.42. The van der Waals surface area contributed by atoms with Crippen molar-refractivity contribution in [3.8, 4) is 0 Å². The van der Waals surface area contributed by atoms with Crippen molar-refractivity contribution in [2.45, 2.75) is 52.2 Å². The lowest BCUT2D eigenvalue weighted by Crippen LogP contribution is -2.57. The Morgan fingerprint density at radius 3 is 2.50 bits per heavy atom. The predicted octanol–water partition coefficient (Wildman–Crippen LogP) is 1.98. The van der Waals surface area contributed by atoms with Gasteiger partial charge in [0.1, 0.15) is 5.60 Å². The van der Waals surface area contributed by atoms with E-state index in [4.69, 9.17) is 10.5 Å². The molecule has 0 aromatic rings. The Bertz CT molecular complexity index is 242. The highest BCUT2D eigenvalue weighted by molar-refractivity contribution is 5.69. The Morgan fingerprint density at radius 1 is 1.50 bits per heavy atom. The summed E-state index contributed by atoms with van der Waals surface area (Å²) in [6, 6.07) is 0.226. The number of rotatable bonds is 3. The molecule has 0 aromatic carbocycles. The number of carbonyl (C=O) groups excluding carboxylic acids is 1. The summed E-state index contributed by atoms with van der Waals surface area (Å²) in [5.74, 6) is 0.451. The lowest BCUT2D eigenvalue weighted by atomic mass is 9.90. The molecule has 1 aliphatic heterocycles. The first-order valence-electron chi connectivity index (χ1n) is 6.07. The van der Waals surface area contributed by atoms with E-state index < -0.39 is 5.60 Å². The summed E-state index contributed by atoms with van der Waals surface area (Å²) in [5.41, 5.74) is 5.59. The molecule has 1 fully saturated rings. The second-order valence-corrected chi connectivity index (χ2v) is 5.60. The second-order valence-electron chi connectivity index (χ2n) is 5.60. The Balaban J connectivity index is 2.28. The van der Waals surface area contributed by atoms with Gasteiger partial charge in [0.2, 0.25) is 0 Å². The van der Waals surface area contributed by atoms with Crippen LogP contribution >= 0.6 is 0 Å². The number of ether oxygens (including phenoxy) is 1. The maximum Gasteiger partial charge on any atom is 0.410 e. The Kier molecular flexibility index (Phi) is 4.19. The van der Waals surface area contributed by atoms with Gasteiger partial charge in [0.05, 0.1) is 0 Å². The summed E-state index contributed by atoms with van der Waals surface area (Å²) in [6.45, 7) is 9.26. The number of carbonyl (C=O) groups is 1. The zero-order chi connectivity index (χ0) is 12.3. The fraction of sp³-hybridized carbons (Fsp3) is 0.917. The van der Waals surface area contributed by atoms with Gasteiger partial charge in [-0.1, -0.05) is 13.3 Å². The third-order valence-corrected chi connectivity index (χ3v) is 2.79. The summed E-state index contributed by atoms with van der Waals surface area (Å²) >= 11 is 0. The molecular weight excluding hydrogens is 204 g/mol. The van der Waals surface area contributed by atoms with Gasteiger partial charge in [0, 0.05) is 25.0 Å². The molecule has 1 amide bonds. The van der Waals surface area contributed by atoms with Crippen LogP contribution < -0.4 is 5.73 Å². The minimum absolute atomic E-state index is 0.215. The standard InChI is InChI=1S/C12H24N2O2/c1-5-6-10(13)9-7-14(8-9)11(15)16-12(2,3)4/h9-10H,5-8,13H2,1-4H3. The molecule has 4 heteroatoms. The summed E-state index contributed by atoms with van der Waals surface area (Å²) in [6.07, 6.45) is 1.92. The minimum atomic E-state index is -0.409. The molecule has 2 N–H and O–H groups in total. The van der Waals surface area contributed by atoms with E-state index in [1.807, 2.05) is 20.8 Å². The third-order valence-electron chi connectivity index (χ3n) is 2.79. The van der Waals surface area contributed by atoms with E-state index >= 15 is 0 Å². The van der Waals surface area contributed by atoms with Gasteiger partial charge in [-0.25, -0.2) is 4.79 Å². The smallest absolute Gasteiger partial charge is 0.410 e. The number of likely N-dealkylation sites (tertiary alicyclic amines) is 1. The summed E-state index contributed by atoms with van der Waals surface area (Å²) in [4.78, 5) is 13.4. The lowest BCUT2D eigenvalue weighted by molar-refractivity contribution is -0.00502. The molecule has 0 radical (unpaired) electrons. The van der Waals surface area contributed by atoms with Gasteiger partial charge >= 0.3 is 6.09 Å². The van der Waals surface area contributed by atoms with Crippen LogP contribution in [0.1, 0.15) is 40.5 Å². The monoisotopic (exact) mass is 228 g/mol. The van der Waals surface area contributed by atoms with Gasteiger partial charge in [0.25, 0.3) is 0 Å².